The second-order valence-electron chi connectivity index (χ2n) is 28.5. The quantitative estimate of drug-likeness (QED) is 0.0794. The Kier molecular flexibility index (Phi) is 26.9. The Morgan fingerprint density at radius 3 is 0.413 bits per heavy atom. The summed E-state index contributed by atoms with van der Waals surface area (Å²) in [5.74, 6) is 23.3. The summed E-state index contributed by atoms with van der Waals surface area (Å²) in [7, 11) is -17.8. The molecule has 0 unspecified atom stereocenters. The zero-order valence-electron chi connectivity index (χ0n) is 59.9. The fraction of sp³-hybridized carbons (Fsp3) is 0.579. The number of benzene rings is 4. The molecule has 12 nitrogen and oxygen atoms in total. The van der Waals surface area contributed by atoms with Crippen molar-refractivity contribution in [3.8, 4) is 47.4 Å². The molecule has 0 saturated carbocycles. The van der Waals surface area contributed by atoms with Gasteiger partial charge in [0.05, 0.1) is 71.9 Å². The molecule has 92 heavy (non-hydrogen) atoms. The number of hydrogen-bond acceptors (Lipinski definition) is 8. The van der Waals surface area contributed by atoms with Gasteiger partial charge in [0, 0.05) is 0 Å². The van der Waals surface area contributed by atoms with Crippen LogP contribution < -0.4 is 0 Å². The maximum Gasteiger partial charge on any atom is 0.245 e. The predicted molar refractivity (Wildman–Crippen MR) is 381 cm³/mol. The van der Waals surface area contributed by atoms with E-state index in [0.29, 0.717) is 44.5 Å². The van der Waals surface area contributed by atoms with Gasteiger partial charge in [0.15, 0.2) is 0 Å². The van der Waals surface area contributed by atoms with Crippen molar-refractivity contribution in [1.29, 1.82) is 0 Å². The summed E-state index contributed by atoms with van der Waals surface area (Å²) in [5, 5.41) is 0. The summed E-state index contributed by atoms with van der Waals surface area (Å²) in [5.41, 5.74) is 9.16. The largest absolute Gasteiger partial charge is 0.245 e. The highest BCUT2D eigenvalue weighted by Gasteiger charge is 2.37. The molecule has 16 heteroatoms. The molecule has 1 aliphatic rings. The molecule has 0 N–H and O–H groups in total. The molecule has 5 rings (SSSR count). The van der Waals surface area contributed by atoms with Gasteiger partial charge < -0.3 is 0 Å². The average molecular weight is 1330 g/mol. The second kappa shape index (κ2) is 32.0. The summed E-state index contributed by atoms with van der Waals surface area (Å²) in [4.78, 5) is 0.641. The van der Waals surface area contributed by atoms with Gasteiger partial charge in [0.25, 0.3) is 0 Å². The van der Waals surface area contributed by atoms with E-state index in [2.05, 4.69) is 103 Å². The minimum absolute atomic E-state index is 0.106. The molecule has 0 spiro atoms. The molecular formula is C76H108N4O8S4. The molecule has 1 aliphatic heterocycles. The Morgan fingerprint density at radius 1 is 0.217 bits per heavy atom. The topological polar surface area (TPSA) is 150 Å². The molecule has 0 radical (unpaired) electrons. The zero-order valence-corrected chi connectivity index (χ0v) is 63.2. The van der Waals surface area contributed by atoms with Crippen molar-refractivity contribution in [3.63, 3.8) is 0 Å². The fourth-order valence-corrected chi connectivity index (χ4v) is 19.0. The summed E-state index contributed by atoms with van der Waals surface area (Å²) >= 11 is 0. The standard InChI is InChI=1S/C76H108N4O8S4/c1-49(2)61-41-65(53(9)10)73(66(42-61)54(11)12)89(81,82)77-33-25-27-35-78(90(83,84)74-67(55(13)14)43-62(50(3)4)44-68(74)56(15)16)37-29-31-39-80(92(87,88)76-71(59(21)22)47-64(52(7)8)48-72(76)60(23)24)40-32-30-38-79(36-28-26-34-77)91(85,86)75-69(57(17)18)45-63(51(5)6)46-70(75)58(19)20/h41-60H,33-40H2,1-24H3. The highest BCUT2D eigenvalue weighted by atomic mass is 32.2. The van der Waals surface area contributed by atoms with Crippen LogP contribution in [0.2, 0.25) is 0 Å². The van der Waals surface area contributed by atoms with Gasteiger partial charge in [0.1, 0.15) is 0 Å². The molecule has 1 heterocycles. The Labute approximate surface area is 559 Å². The summed E-state index contributed by atoms with van der Waals surface area (Å²) < 4.78 is 130. The van der Waals surface area contributed by atoms with Gasteiger partial charge in [0.2, 0.25) is 40.1 Å². The van der Waals surface area contributed by atoms with Crippen LogP contribution in [0.3, 0.4) is 0 Å². The predicted octanol–water partition coefficient (Wildman–Crippen LogP) is 16.3. The van der Waals surface area contributed by atoms with Crippen LogP contribution in [0.25, 0.3) is 0 Å². The maximum absolute atomic E-state index is 15.7. The van der Waals surface area contributed by atoms with Crippen LogP contribution in [0.1, 0.15) is 304 Å². The van der Waals surface area contributed by atoms with Crippen molar-refractivity contribution >= 4 is 40.1 Å². The van der Waals surface area contributed by atoms with E-state index in [9.17, 15) is 0 Å². The van der Waals surface area contributed by atoms with Gasteiger partial charge in [-0.05, 0) is 138 Å². The smallest absolute Gasteiger partial charge is 0.207 e. The van der Waals surface area contributed by atoms with E-state index in [1.807, 2.05) is 159 Å². The van der Waals surface area contributed by atoms with Gasteiger partial charge >= 0.3 is 0 Å². The van der Waals surface area contributed by atoms with Crippen LogP contribution in [0, 0.1) is 47.4 Å². The molecule has 0 aliphatic carbocycles. The van der Waals surface area contributed by atoms with Crippen LogP contribution in [0.5, 0.6) is 0 Å². The molecule has 0 bridgehead atoms. The van der Waals surface area contributed by atoms with Crippen molar-refractivity contribution in [2.24, 2.45) is 0 Å². The summed E-state index contributed by atoms with van der Waals surface area (Å²) in [6.07, 6.45) is 0. The van der Waals surface area contributed by atoms with E-state index < -0.39 is 92.5 Å². The van der Waals surface area contributed by atoms with E-state index in [4.69, 9.17) is 0 Å². The molecule has 4 aromatic carbocycles. The summed E-state index contributed by atoms with van der Waals surface area (Å²) in [6.45, 7) is 44.8. The van der Waals surface area contributed by atoms with E-state index in [-0.39, 0.29) is 90.6 Å². The second-order valence-corrected chi connectivity index (χ2v) is 36.0. The van der Waals surface area contributed by atoms with E-state index >= 15 is 33.7 Å². The Morgan fingerprint density at radius 2 is 0.326 bits per heavy atom. The van der Waals surface area contributed by atoms with Crippen LogP contribution in [0.4, 0.5) is 0 Å². The third kappa shape index (κ3) is 17.8. The number of hydrogen-bond donors (Lipinski definition) is 0. The number of nitrogens with zero attached hydrogens (tertiary/aromatic N) is 4. The Balaban J connectivity index is 1.89. The summed E-state index contributed by atoms with van der Waals surface area (Å²) in [6, 6.07) is 15.7. The molecule has 0 saturated heterocycles. The lowest BCUT2D eigenvalue weighted by molar-refractivity contribution is 0.469. The lowest BCUT2D eigenvalue weighted by Gasteiger charge is -2.27. The first-order valence-corrected chi connectivity index (χ1v) is 38.9. The highest BCUT2D eigenvalue weighted by Crippen LogP contribution is 2.41. The van der Waals surface area contributed by atoms with E-state index in [1.165, 1.54) is 17.2 Å². The third-order valence-corrected chi connectivity index (χ3v) is 25.0. The Bertz CT molecular complexity index is 3370. The van der Waals surface area contributed by atoms with Crippen LogP contribution >= 0.6 is 0 Å². The molecular weight excluding hydrogens is 1230 g/mol. The van der Waals surface area contributed by atoms with Gasteiger partial charge in [-0.1, -0.05) is 262 Å². The first-order valence-electron chi connectivity index (χ1n) is 33.2. The molecule has 0 atom stereocenters. The minimum Gasteiger partial charge on any atom is -0.207 e. The van der Waals surface area contributed by atoms with Crippen molar-refractivity contribution < 1.29 is 33.7 Å². The fourth-order valence-electron chi connectivity index (χ4n) is 11.3. The zero-order chi connectivity index (χ0) is 69.4. The van der Waals surface area contributed by atoms with Crippen LogP contribution in [-0.2, 0) is 40.1 Å². The molecule has 4 aromatic rings. The Hall–Kier alpha value is -5.24. The maximum atomic E-state index is 15.7. The van der Waals surface area contributed by atoms with Gasteiger partial charge in [-0.3, -0.25) is 0 Å². The van der Waals surface area contributed by atoms with Crippen molar-refractivity contribution in [2.75, 3.05) is 52.4 Å². The van der Waals surface area contributed by atoms with E-state index in [1.54, 1.807) is 0 Å². The van der Waals surface area contributed by atoms with Crippen molar-refractivity contribution in [2.45, 2.75) is 257 Å². The average Bonchev–Trinajstić information content (AvgIpc) is 0.787. The molecule has 0 fully saturated rings. The lowest BCUT2D eigenvalue weighted by atomic mass is 9.89. The first-order chi connectivity index (χ1) is 42.6. The van der Waals surface area contributed by atoms with Crippen molar-refractivity contribution in [1.82, 2.24) is 17.2 Å². The van der Waals surface area contributed by atoms with E-state index in [0.717, 1.165) is 22.3 Å². The number of sulfonamides is 4. The SMILES string of the molecule is CC(C)c1cc(C(C)C)c(S(=O)(=O)N2CC#CCN(S(=O)(=O)c3c(C(C)C)cc(C(C)C)cc3C(C)C)CC#CCN(S(=O)(=O)c3c(C(C)C)cc(C(C)C)cc3C(C)C)CC#CCN(S(=O)(=O)c3c(C(C)C)cc(C(C)C)cc3C(C)C)CC#CC2)c(C(C)C)c1. The van der Waals surface area contributed by atoms with Gasteiger partial charge in [-0.2, -0.15) is 17.2 Å². The normalized spacial score (nSPS) is 15.5. The minimum atomic E-state index is -4.44. The third-order valence-electron chi connectivity index (χ3n) is 17.3. The molecule has 0 amide bonds. The monoisotopic (exact) mass is 1330 g/mol. The van der Waals surface area contributed by atoms with Gasteiger partial charge in [-0.25, -0.2) is 33.7 Å². The first kappa shape index (κ1) is 77.5. The highest BCUT2D eigenvalue weighted by molar-refractivity contribution is 7.90. The molecule has 0 aromatic heterocycles. The van der Waals surface area contributed by atoms with Crippen molar-refractivity contribution in [3.05, 3.63) is 115 Å². The number of rotatable bonds is 20. The molecule has 504 valence electrons. The van der Waals surface area contributed by atoms with Gasteiger partial charge in [-0.15, -0.1) is 0 Å². The van der Waals surface area contributed by atoms with Crippen LogP contribution in [0.15, 0.2) is 68.1 Å². The lowest BCUT2D eigenvalue weighted by Crippen LogP contribution is -2.36. The van der Waals surface area contributed by atoms with Crippen LogP contribution in [-0.4, -0.2) is 103 Å².